The first-order valence-electron chi connectivity index (χ1n) is 7.50. The van der Waals surface area contributed by atoms with Crippen LogP contribution >= 0.6 is 0 Å². The number of nitrogens with zero attached hydrogens (tertiary/aromatic N) is 1. The van der Waals surface area contributed by atoms with Crippen molar-refractivity contribution in [3.63, 3.8) is 0 Å². The zero-order valence-electron chi connectivity index (χ0n) is 12.8. The van der Waals surface area contributed by atoms with Gasteiger partial charge in [-0.25, -0.2) is 5.43 Å². The topological polar surface area (TPSA) is 59.9 Å². The summed E-state index contributed by atoms with van der Waals surface area (Å²) in [5.41, 5.74) is 3.65. The van der Waals surface area contributed by atoms with E-state index in [9.17, 15) is 4.79 Å². The Balaban J connectivity index is 1.55. The van der Waals surface area contributed by atoms with Crippen molar-refractivity contribution in [1.82, 2.24) is 5.43 Å². The van der Waals surface area contributed by atoms with E-state index in [0.717, 1.165) is 5.56 Å². The van der Waals surface area contributed by atoms with Crippen LogP contribution < -0.4 is 14.9 Å². The van der Waals surface area contributed by atoms with Crippen molar-refractivity contribution >= 4 is 12.1 Å². The monoisotopic (exact) mass is 310 g/mol. The van der Waals surface area contributed by atoms with E-state index >= 15 is 0 Å². The van der Waals surface area contributed by atoms with Gasteiger partial charge in [0.2, 0.25) is 6.10 Å². The van der Waals surface area contributed by atoms with Crippen LogP contribution in [0, 0.1) is 0 Å². The minimum absolute atomic E-state index is 0.112. The van der Waals surface area contributed by atoms with Gasteiger partial charge < -0.3 is 9.47 Å². The summed E-state index contributed by atoms with van der Waals surface area (Å²) in [6.45, 7) is 2.19. The number of hydrogen-bond acceptors (Lipinski definition) is 4. The van der Waals surface area contributed by atoms with Gasteiger partial charge >= 0.3 is 0 Å². The highest BCUT2D eigenvalue weighted by atomic mass is 16.6. The van der Waals surface area contributed by atoms with Crippen LogP contribution in [0.1, 0.15) is 18.4 Å². The van der Waals surface area contributed by atoms with Gasteiger partial charge in [-0.2, -0.15) is 5.10 Å². The summed E-state index contributed by atoms with van der Waals surface area (Å²) in [7, 11) is 0. The van der Waals surface area contributed by atoms with Gasteiger partial charge in [-0.3, -0.25) is 4.79 Å². The maximum absolute atomic E-state index is 12.1. The number of amides is 1. The molecule has 5 heteroatoms. The molecule has 0 spiro atoms. The van der Waals surface area contributed by atoms with Gasteiger partial charge in [-0.05, 0) is 17.7 Å². The lowest BCUT2D eigenvalue weighted by atomic mass is 10.0. The minimum Gasteiger partial charge on any atom is -0.485 e. The van der Waals surface area contributed by atoms with Crippen molar-refractivity contribution in [3.05, 3.63) is 60.2 Å². The summed E-state index contributed by atoms with van der Waals surface area (Å²) in [6.07, 6.45) is 0.999. The van der Waals surface area contributed by atoms with Crippen LogP contribution in [0.25, 0.3) is 0 Å². The molecular weight excluding hydrogens is 292 g/mol. The number of carbonyl (C=O) groups excluding carboxylic acids is 1. The first-order valence-corrected chi connectivity index (χ1v) is 7.50. The Bertz CT molecular complexity index is 700. The summed E-state index contributed by atoms with van der Waals surface area (Å²) < 4.78 is 11.1. The summed E-state index contributed by atoms with van der Waals surface area (Å²) >= 11 is 0. The normalized spacial score (nSPS) is 17.7. The molecule has 1 N–H and O–H groups in total. The smallest absolute Gasteiger partial charge is 0.284 e. The number of para-hydroxylation sites is 2. The third kappa shape index (κ3) is 3.69. The molecule has 0 aromatic heterocycles. The molecule has 2 aromatic carbocycles. The van der Waals surface area contributed by atoms with Crippen LogP contribution in [0.15, 0.2) is 59.7 Å². The van der Waals surface area contributed by atoms with Crippen LogP contribution in [0.5, 0.6) is 11.5 Å². The number of hydrogen-bond donors (Lipinski definition) is 1. The van der Waals surface area contributed by atoms with E-state index < -0.39 is 6.10 Å². The maximum atomic E-state index is 12.1. The fourth-order valence-corrected chi connectivity index (χ4v) is 2.28. The summed E-state index contributed by atoms with van der Waals surface area (Å²) in [4.78, 5) is 12.1. The Hall–Kier alpha value is -2.82. The molecule has 0 fully saturated rings. The van der Waals surface area contributed by atoms with Gasteiger partial charge in [-0.1, -0.05) is 49.4 Å². The number of carbonyl (C=O) groups is 1. The first-order chi connectivity index (χ1) is 11.2. The molecule has 1 amide bonds. The third-order valence-corrected chi connectivity index (χ3v) is 3.60. The summed E-state index contributed by atoms with van der Waals surface area (Å²) in [5, 5.41) is 4.02. The molecule has 0 aliphatic carbocycles. The van der Waals surface area contributed by atoms with E-state index in [1.807, 2.05) is 55.5 Å². The van der Waals surface area contributed by atoms with Crippen molar-refractivity contribution in [1.29, 1.82) is 0 Å². The van der Waals surface area contributed by atoms with E-state index in [1.54, 1.807) is 12.3 Å². The quantitative estimate of drug-likeness (QED) is 0.698. The summed E-state index contributed by atoms with van der Waals surface area (Å²) in [5.74, 6) is 1.01. The molecular formula is C18H18N2O3. The predicted octanol–water partition coefficient (Wildman–Crippen LogP) is 2.73. The molecule has 0 radical (unpaired) electrons. The lowest BCUT2D eigenvalue weighted by Gasteiger charge is -2.24. The number of hydrazone groups is 1. The SMILES string of the molecule is C[C@H](/C=N\NC(=O)[C@H]1COc2ccccc2O1)c1ccccc1. The Morgan fingerprint density at radius 1 is 1.17 bits per heavy atom. The second-order valence-corrected chi connectivity index (χ2v) is 5.32. The van der Waals surface area contributed by atoms with E-state index in [0.29, 0.717) is 11.5 Å². The molecule has 0 unspecified atom stereocenters. The van der Waals surface area contributed by atoms with Crippen LogP contribution in [-0.2, 0) is 4.79 Å². The van der Waals surface area contributed by atoms with Crippen LogP contribution in [0.2, 0.25) is 0 Å². The Morgan fingerprint density at radius 3 is 2.65 bits per heavy atom. The lowest BCUT2D eigenvalue weighted by molar-refractivity contribution is -0.130. The van der Waals surface area contributed by atoms with E-state index in [1.165, 1.54) is 0 Å². The molecule has 5 nitrogen and oxygen atoms in total. The fraction of sp³-hybridized carbons (Fsp3) is 0.222. The largest absolute Gasteiger partial charge is 0.485 e. The van der Waals surface area contributed by atoms with Crippen molar-refractivity contribution in [2.24, 2.45) is 5.10 Å². The fourth-order valence-electron chi connectivity index (χ4n) is 2.28. The highest BCUT2D eigenvalue weighted by Crippen LogP contribution is 2.30. The maximum Gasteiger partial charge on any atom is 0.284 e. The highest BCUT2D eigenvalue weighted by Gasteiger charge is 2.26. The second-order valence-electron chi connectivity index (χ2n) is 5.32. The average molecular weight is 310 g/mol. The van der Waals surface area contributed by atoms with Gasteiger partial charge in [0.05, 0.1) is 0 Å². The Morgan fingerprint density at radius 2 is 1.87 bits per heavy atom. The molecule has 1 heterocycles. The number of ether oxygens (including phenoxy) is 2. The Labute approximate surface area is 134 Å². The highest BCUT2D eigenvalue weighted by molar-refractivity contribution is 5.82. The molecule has 23 heavy (non-hydrogen) atoms. The first kappa shape index (κ1) is 15.1. The van der Waals surface area contributed by atoms with Gasteiger partial charge in [0.25, 0.3) is 5.91 Å². The second kappa shape index (κ2) is 6.96. The molecule has 1 aliphatic rings. The van der Waals surface area contributed by atoms with Crippen LogP contribution in [0.3, 0.4) is 0 Å². The van der Waals surface area contributed by atoms with Crippen molar-refractivity contribution < 1.29 is 14.3 Å². The van der Waals surface area contributed by atoms with E-state index in [-0.39, 0.29) is 18.4 Å². The van der Waals surface area contributed by atoms with Gasteiger partial charge in [0, 0.05) is 12.1 Å². The molecule has 0 saturated heterocycles. The van der Waals surface area contributed by atoms with Crippen molar-refractivity contribution in [2.45, 2.75) is 18.9 Å². The zero-order chi connectivity index (χ0) is 16.1. The molecule has 2 aromatic rings. The van der Waals surface area contributed by atoms with E-state index in [2.05, 4.69) is 10.5 Å². The molecule has 0 saturated carbocycles. The third-order valence-electron chi connectivity index (χ3n) is 3.60. The van der Waals surface area contributed by atoms with E-state index in [4.69, 9.17) is 9.47 Å². The zero-order valence-corrected chi connectivity index (χ0v) is 12.8. The molecule has 3 rings (SSSR count). The van der Waals surface area contributed by atoms with Crippen molar-refractivity contribution in [2.75, 3.05) is 6.61 Å². The number of rotatable bonds is 4. The molecule has 0 bridgehead atoms. The Kier molecular flexibility index (Phi) is 4.57. The van der Waals surface area contributed by atoms with Gasteiger partial charge in [0.15, 0.2) is 11.5 Å². The molecule has 1 aliphatic heterocycles. The number of benzene rings is 2. The molecule has 2 atom stereocenters. The van der Waals surface area contributed by atoms with Crippen LogP contribution in [-0.4, -0.2) is 24.8 Å². The molecule has 118 valence electrons. The number of fused-ring (bicyclic) bond motifs is 1. The van der Waals surface area contributed by atoms with Gasteiger partial charge in [-0.15, -0.1) is 0 Å². The average Bonchev–Trinajstić information content (AvgIpc) is 2.61. The standard InChI is InChI=1S/C18H18N2O3/c1-13(14-7-3-2-4-8-14)11-19-20-18(21)17-12-22-15-9-5-6-10-16(15)23-17/h2-11,13,17H,12H2,1H3,(H,20,21)/b19-11-/t13-,17-/m1/s1. The van der Waals surface area contributed by atoms with Gasteiger partial charge in [0.1, 0.15) is 6.61 Å². The lowest BCUT2D eigenvalue weighted by Crippen LogP contribution is -2.42. The van der Waals surface area contributed by atoms with Crippen molar-refractivity contribution in [3.8, 4) is 11.5 Å². The predicted molar refractivity (Wildman–Crippen MR) is 87.8 cm³/mol. The summed E-state index contributed by atoms with van der Waals surface area (Å²) in [6, 6.07) is 17.2. The minimum atomic E-state index is -0.700. The number of nitrogens with one attached hydrogen (secondary N) is 1. The van der Waals surface area contributed by atoms with Crippen LogP contribution in [0.4, 0.5) is 0 Å².